The van der Waals surface area contributed by atoms with Crippen molar-refractivity contribution >= 4 is 10.9 Å². The average Bonchev–Trinajstić information content (AvgIpc) is 3.08. The second-order valence-corrected chi connectivity index (χ2v) is 9.57. The fraction of sp³-hybridized carbons (Fsp3) is 0.435. The van der Waals surface area contributed by atoms with Crippen molar-refractivity contribution in [3.63, 3.8) is 0 Å². The summed E-state index contributed by atoms with van der Waals surface area (Å²) in [4.78, 5) is 7.44. The third-order valence-electron chi connectivity index (χ3n) is 9.12. The molecule has 2 aliphatic heterocycles. The Hall–Kier alpha value is -2.37. The molecule has 4 fully saturated rings. The van der Waals surface area contributed by atoms with Gasteiger partial charge in [-0.1, -0.05) is 24.3 Å². The van der Waals surface area contributed by atoms with E-state index in [9.17, 15) is 10.2 Å². The van der Waals surface area contributed by atoms with Crippen molar-refractivity contribution < 1.29 is 14.9 Å². The highest BCUT2D eigenvalue weighted by molar-refractivity contribution is 5.81. The summed E-state index contributed by atoms with van der Waals surface area (Å²) < 4.78 is 6.48. The summed E-state index contributed by atoms with van der Waals surface area (Å²) in [7, 11) is 2.15. The number of aliphatic hydroxyl groups excluding tert-OH is 1. The van der Waals surface area contributed by atoms with Crippen LogP contribution in [-0.2, 0) is 10.3 Å². The third-order valence-corrected chi connectivity index (χ3v) is 9.12. The number of hydrogen-bond donors (Lipinski definition) is 2. The van der Waals surface area contributed by atoms with Gasteiger partial charge in [0.25, 0.3) is 0 Å². The number of benzene rings is 1. The van der Waals surface area contributed by atoms with Crippen molar-refractivity contribution in [3.8, 4) is 0 Å². The lowest BCUT2D eigenvalue weighted by Crippen LogP contribution is -2.98. The monoisotopic (exact) mass is 372 g/mol. The lowest BCUT2D eigenvalue weighted by molar-refractivity contribution is -0.436. The number of likely N-dealkylation sites (tertiary alicyclic amines) is 1. The molecule has 3 unspecified atom stereocenters. The molecule has 0 amide bonds. The van der Waals surface area contributed by atoms with Crippen molar-refractivity contribution in [1.29, 1.82) is 0 Å². The number of para-hydroxylation sites is 1. The molecule has 7 atom stereocenters. The topological polar surface area (TPSA) is 65.8 Å². The van der Waals surface area contributed by atoms with Crippen LogP contribution in [0.15, 0.2) is 54.0 Å². The van der Waals surface area contributed by atoms with Crippen LogP contribution in [0.25, 0.3) is 10.9 Å². The summed E-state index contributed by atoms with van der Waals surface area (Å²) in [5.74, 6) is 1.24. The molecule has 8 rings (SSSR count). The third kappa shape index (κ3) is 1.04. The average molecular weight is 372 g/mol. The fourth-order valence-electron chi connectivity index (χ4n) is 8.23. The molecule has 1 spiro atoms. The minimum Gasteiger partial charge on any atom is -0.504 e. The Kier molecular flexibility index (Phi) is 2.02. The first kappa shape index (κ1) is 14.6. The molecule has 1 aromatic carbocycles. The van der Waals surface area contributed by atoms with Gasteiger partial charge in [0, 0.05) is 22.9 Å². The van der Waals surface area contributed by atoms with E-state index in [2.05, 4.69) is 30.2 Å². The van der Waals surface area contributed by atoms with Crippen molar-refractivity contribution in [1.82, 2.24) is 9.88 Å². The fourth-order valence-corrected chi connectivity index (χ4v) is 8.23. The second-order valence-electron chi connectivity index (χ2n) is 9.57. The highest BCUT2D eigenvalue weighted by atomic mass is 16.5. The first-order valence-corrected chi connectivity index (χ1v) is 10.2. The van der Waals surface area contributed by atoms with Crippen LogP contribution >= 0.6 is 0 Å². The van der Waals surface area contributed by atoms with Gasteiger partial charge in [0.15, 0.2) is 5.76 Å². The zero-order valence-corrected chi connectivity index (χ0v) is 15.5. The number of piperidine rings is 1. The van der Waals surface area contributed by atoms with Crippen molar-refractivity contribution in [2.45, 2.75) is 36.1 Å². The SMILES string of the molecule is CN1[C@@H]2CC3C=CC(O)=C4O[C@H]5c6nc7ccccc7cc6C16C[C@@]5(C43)[C@]26O. The smallest absolute Gasteiger partial charge is 0.153 e. The van der Waals surface area contributed by atoms with Gasteiger partial charge in [-0.15, -0.1) is 0 Å². The molecule has 28 heavy (non-hydrogen) atoms. The summed E-state index contributed by atoms with van der Waals surface area (Å²) in [6.45, 7) is 0. The first-order chi connectivity index (χ1) is 13.5. The zero-order chi connectivity index (χ0) is 18.6. The Labute approximate surface area is 161 Å². The van der Waals surface area contributed by atoms with Gasteiger partial charge in [-0.2, -0.15) is 0 Å². The normalized spacial score (nSPS) is 48.5. The van der Waals surface area contributed by atoms with E-state index >= 15 is 0 Å². The maximum absolute atomic E-state index is 12.2. The number of allylic oxidation sites excluding steroid dienone is 3. The van der Waals surface area contributed by atoms with Gasteiger partial charge in [0.1, 0.15) is 17.5 Å². The predicted octanol–water partition coefficient (Wildman–Crippen LogP) is 2.93. The van der Waals surface area contributed by atoms with Gasteiger partial charge in [-0.05, 0) is 44.0 Å². The molecule has 2 bridgehead atoms. The van der Waals surface area contributed by atoms with Crippen LogP contribution in [0.2, 0.25) is 0 Å². The van der Waals surface area contributed by atoms with Crippen molar-refractivity contribution in [2.75, 3.05) is 7.05 Å². The molecular weight excluding hydrogens is 352 g/mol. The van der Waals surface area contributed by atoms with Crippen LogP contribution in [0.5, 0.6) is 0 Å². The molecule has 5 nitrogen and oxygen atoms in total. The van der Waals surface area contributed by atoms with E-state index in [1.165, 1.54) is 0 Å². The van der Waals surface area contributed by atoms with E-state index < -0.39 is 5.60 Å². The summed E-state index contributed by atoms with van der Waals surface area (Å²) >= 11 is 0. The van der Waals surface area contributed by atoms with E-state index in [1.807, 2.05) is 18.2 Å². The molecule has 2 saturated heterocycles. The quantitative estimate of drug-likeness (QED) is 0.744. The number of fused-ring (bicyclic) bond motifs is 3. The standard InChI is InChI=1S/C23H20N2O3/c1-25-16-9-12-6-7-15(26)19-17(12)21-10-22(25,23(16,21)27)13-8-11-4-2-3-5-14(11)24-18(13)20(21)28-19/h2-8,12,16-17,20,26-27H,9-10H2,1H3/t12?,16-,17?,20+,21+,22?,23-/m1/s1. The highest BCUT2D eigenvalue weighted by Gasteiger charge is 2.95. The van der Waals surface area contributed by atoms with Gasteiger partial charge in [-0.3, -0.25) is 4.90 Å². The van der Waals surface area contributed by atoms with Gasteiger partial charge in [0.2, 0.25) is 0 Å². The largest absolute Gasteiger partial charge is 0.504 e. The molecule has 3 heterocycles. The first-order valence-electron chi connectivity index (χ1n) is 10.2. The van der Waals surface area contributed by atoms with Crippen molar-refractivity contribution in [3.05, 3.63) is 65.3 Å². The van der Waals surface area contributed by atoms with Gasteiger partial charge in [-0.25, -0.2) is 4.98 Å². The molecule has 2 N–H and O–H groups in total. The Bertz CT molecular complexity index is 1200. The van der Waals surface area contributed by atoms with Crippen LogP contribution in [0, 0.1) is 17.3 Å². The minimum absolute atomic E-state index is 0.0481. The zero-order valence-electron chi connectivity index (χ0n) is 15.5. The van der Waals surface area contributed by atoms with Crippen LogP contribution < -0.4 is 0 Å². The molecule has 0 radical (unpaired) electrons. The van der Waals surface area contributed by atoms with E-state index in [-0.39, 0.29) is 34.8 Å². The number of rotatable bonds is 0. The summed E-state index contributed by atoms with van der Waals surface area (Å²) in [6, 6.07) is 10.5. The van der Waals surface area contributed by atoms with Crippen LogP contribution in [0.3, 0.4) is 0 Å². The number of aromatic nitrogens is 1. The van der Waals surface area contributed by atoms with Gasteiger partial charge in [0.05, 0.1) is 22.2 Å². The maximum Gasteiger partial charge on any atom is 0.153 e. The van der Waals surface area contributed by atoms with E-state index in [4.69, 9.17) is 9.72 Å². The van der Waals surface area contributed by atoms with E-state index in [0.29, 0.717) is 11.7 Å². The van der Waals surface area contributed by atoms with Crippen LogP contribution in [0.4, 0.5) is 0 Å². The molecule has 140 valence electrons. The Balaban J connectivity index is 1.50. The summed E-state index contributed by atoms with van der Waals surface area (Å²) in [6.07, 6.45) is 5.39. The second kappa shape index (κ2) is 3.87. The molecule has 4 aliphatic carbocycles. The minimum atomic E-state index is -0.815. The van der Waals surface area contributed by atoms with E-state index in [0.717, 1.165) is 35.0 Å². The van der Waals surface area contributed by atoms with E-state index in [1.54, 1.807) is 6.08 Å². The number of ether oxygens (including phenoxy) is 1. The molecule has 5 heteroatoms. The lowest BCUT2D eigenvalue weighted by Gasteiger charge is -2.87. The molecule has 2 saturated carbocycles. The number of pyridine rings is 1. The lowest BCUT2D eigenvalue weighted by atomic mass is 9.26. The molecule has 2 aromatic rings. The summed E-state index contributed by atoms with van der Waals surface area (Å²) in [5.41, 5.74) is 1.45. The van der Waals surface area contributed by atoms with Crippen LogP contribution in [-0.4, -0.2) is 38.8 Å². The number of aliphatic hydroxyl groups is 2. The van der Waals surface area contributed by atoms with Gasteiger partial charge >= 0.3 is 0 Å². The highest BCUT2D eigenvalue weighted by Crippen LogP contribution is 2.88. The Morgan fingerprint density at radius 3 is 3.04 bits per heavy atom. The predicted molar refractivity (Wildman–Crippen MR) is 101 cm³/mol. The Morgan fingerprint density at radius 2 is 2.14 bits per heavy atom. The van der Waals surface area contributed by atoms with Gasteiger partial charge < -0.3 is 14.9 Å². The number of nitrogens with zero attached hydrogens (tertiary/aromatic N) is 2. The molecular formula is C23H20N2O3. The molecule has 1 aromatic heterocycles. The maximum atomic E-state index is 12.2. The Morgan fingerprint density at radius 1 is 1.29 bits per heavy atom. The number of hydrogen-bond acceptors (Lipinski definition) is 5. The van der Waals surface area contributed by atoms with Crippen LogP contribution in [0.1, 0.15) is 30.2 Å². The molecule has 6 aliphatic rings. The van der Waals surface area contributed by atoms with Crippen molar-refractivity contribution in [2.24, 2.45) is 17.3 Å². The summed E-state index contributed by atoms with van der Waals surface area (Å²) in [5, 5.41) is 23.9. The number of likely N-dealkylation sites (N-methyl/N-ethyl adjacent to an activating group) is 1.